The largest absolute Gasteiger partial charge is 0.497 e. The lowest BCUT2D eigenvalue weighted by molar-refractivity contribution is -0.130. The minimum absolute atomic E-state index is 0.299. The number of carbonyl (C=O) groups is 2. The molecule has 0 spiro atoms. The molecule has 4 atom stereocenters. The molecule has 2 aromatic rings. The Labute approximate surface area is 228 Å². The molecule has 1 saturated heterocycles. The van der Waals surface area contributed by atoms with E-state index >= 15 is 0 Å². The number of hydrogen-bond donors (Lipinski definition) is 3. The maximum absolute atomic E-state index is 13.2. The number of nitrogens with zero attached hydrogens (tertiary/aromatic N) is 1. The molecule has 0 bridgehead atoms. The van der Waals surface area contributed by atoms with E-state index < -0.39 is 32.8 Å². The molecule has 1 unspecified atom stereocenters. The van der Waals surface area contributed by atoms with E-state index in [-0.39, 0.29) is 17.9 Å². The summed E-state index contributed by atoms with van der Waals surface area (Å²) in [5.74, 6) is 0.266. The van der Waals surface area contributed by atoms with Gasteiger partial charge in [-0.3, -0.25) is 14.3 Å². The molecule has 208 valence electrons. The molecule has 1 aliphatic heterocycles. The number of fused-ring (bicyclic) bond motifs is 1. The van der Waals surface area contributed by atoms with E-state index in [4.69, 9.17) is 14.2 Å². The Balaban J connectivity index is 1.29. The van der Waals surface area contributed by atoms with Crippen molar-refractivity contribution in [1.29, 1.82) is 0 Å². The Morgan fingerprint density at radius 3 is 2.72 bits per heavy atom. The summed E-state index contributed by atoms with van der Waals surface area (Å²) in [5.41, 5.74) is 0.247. The molecule has 1 aromatic carbocycles. The van der Waals surface area contributed by atoms with Gasteiger partial charge in [-0.05, 0) is 43.8 Å². The van der Waals surface area contributed by atoms with Crippen LogP contribution in [0.25, 0.3) is 10.9 Å². The zero-order valence-electron chi connectivity index (χ0n) is 22.3. The first-order valence-corrected chi connectivity index (χ1v) is 14.7. The van der Waals surface area contributed by atoms with Crippen LogP contribution < -0.4 is 35.0 Å². The molecular formula is C26H33BN4O7S. The second-order valence-electron chi connectivity index (χ2n) is 10.3. The van der Waals surface area contributed by atoms with Crippen LogP contribution in [-0.2, 0) is 19.6 Å². The fourth-order valence-corrected chi connectivity index (χ4v) is 6.46. The molecule has 13 heteroatoms. The molecule has 3 aliphatic rings. The number of ether oxygens (including phenoxy) is 3. The van der Waals surface area contributed by atoms with E-state index in [1.165, 1.54) is 0 Å². The molecule has 11 nitrogen and oxygen atoms in total. The fraction of sp³-hybridized carbons (Fsp3) is 0.500. The summed E-state index contributed by atoms with van der Waals surface area (Å²) < 4.78 is 44.3. The average Bonchev–Trinajstić information content (AvgIpc) is 3.82. The minimum Gasteiger partial charge on any atom is -0.497 e. The van der Waals surface area contributed by atoms with Gasteiger partial charge in [0.15, 0.2) is 0 Å². The number of aromatic nitrogens is 1. The van der Waals surface area contributed by atoms with E-state index in [2.05, 4.69) is 26.9 Å². The lowest BCUT2D eigenvalue weighted by atomic mass is 9.91. The highest BCUT2D eigenvalue weighted by Gasteiger charge is 2.61. The molecule has 3 N–H and O–H groups in total. The van der Waals surface area contributed by atoms with Crippen molar-refractivity contribution >= 4 is 46.0 Å². The van der Waals surface area contributed by atoms with Crippen LogP contribution in [0.2, 0.25) is 0 Å². The first-order valence-electron chi connectivity index (χ1n) is 13.1. The molecule has 1 aromatic heterocycles. The summed E-state index contributed by atoms with van der Waals surface area (Å²) in [4.78, 5) is 30.8. The summed E-state index contributed by atoms with van der Waals surface area (Å²) in [6, 6.07) is 4.86. The molecule has 5 rings (SSSR count). The van der Waals surface area contributed by atoms with Crippen molar-refractivity contribution in [3.05, 3.63) is 30.9 Å². The molecule has 2 amide bonds. The number of sulfonamides is 1. The minimum atomic E-state index is -3.74. The molecular weight excluding hydrogens is 523 g/mol. The number of rotatable bonds is 11. The molecule has 39 heavy (non-hydrogen) atoms. The van der Waals surface area contributed by atoms with Gasteiger partial charge in [-0.1, -0.05) is 6.08 Å². The fourth-order valence-electron chi connectivity index (χ4n) is 5.09. The maximum Gasteiger partial charge on any atom is 0.259 e. The Kier molecular flexibility index (Phi) is 7.23. The third-order valence-electron chi connectivity index (χ3n) is 7.58. The van der Waals surface area contributed by atoms with Crippen LogP contribution in [0.1, 0.15) is 32.6 Å². The quantitative estimate of drug-likeness (QED) is 0.251. The molecule has 2 saturated carbocycles. The zero-order valence-corrected chi connectivity index (χ0v) is 23.1. The van der Waals surface area contributed by atoms with E-state index in [1.807, 2.05) is 26.9 Å². The highest BCUT2D eigenvalue weighted by molar-refractivity contribution is 7.91. The van der Waals surface area contributed by atoms with Crippen LogP contribution in [-0.4, -0.2) is 76.3 Å². The smallest absolute Gasteiger partial charge is 0.259 e. The van der Waals surface area contributed by atoms with Crippen molar-refractivity contribution in [2.45, 2.75) is 55.5 Å². The lowest BCUT2D eigenvalue weighted by Gasteiger charge is -2.21. The predicted molar refractivity (Wildman–Crippen MR) is 148 cm³/mol. The number of amides is 2. The highest BCUT2D eigenvalue weighted by atomic mass is 32.2. The summed E-state index contributed by atoms with van der Waals surface area (Å²) in [5, 5.41) is 6.22. The van der Waals surface area contributed by atoms with Crippen LogP contribution in [0.5, 0.6) is 17.4 Å². The van der Waals surface area contributed by atoms with E-state index in [0.29, 0.717) is 61.7 Å². The van der Waals surface area contributed by atoms with Gasteiger partial charge in [0.1, 0.15) is 31.0 Å². The number of benzene rings is 1. The third-order valence-corrected chi connectivity index (χ3v) is 9.40. The van der Waals surface area contributed by atoms with Gasteiger partial charge in [-0.15, -0.1) is 6.58 Å². The lowest BCUT2D eigenvalue weighted by Crippen LogP contribution is -2.55. The number of pyridine rings is 1. The Morgan fingerprint density at radius 2 is 2.08 bits per heavy atom. The van der Waals surface area contributed by atoms with Crippen molar-refractivity contribution in [3.8, 4) is 17.4 Å². The van der Waals surface area contributed by atoms with Crippen LogP contribution in [0.3, 0.4) is 0 Å². The van der Waals surface area contributed by atoms with E-state index in [1.54, 1.807) is 19.3 Å². The summed E-state index contributed by atoms with van der Waals surface area (Å²) in [7, 11) is -0.215. The van der Waals surface area contributed by atoms with Gasteiger partial charge in [0, 0.05) is 30.3 Å². The normalized spacial score (nSPS) is 26.1. The van der Waals surface area contributed by atoms with Gasteiger partial charge in [-0.2, -0.15) is 0 Å². The average molecular weight is 556 g/mol. The van der Waals surface area contributed by atoms with Crippen LogP contribution in [0.15, 0.2) is 30.9 Å². The first kappa shape index (κ1) is 27.3. The summed E-state index contributed by atoms with van der Waals surface area (Å²) >= 11 is 0. The van der Waals surface area contributed by atoms with Gasteiger partial charge in [-0.25, -0.2) is 13.4 Å². The first-order chi connectivity index (χ1) is 18.6. The number of methoxy groups -OCH3 is 1. The maximum atomic E-state index is 13.2. The molecule has 0 radical (unpaired) electrons. The van der Waals surface area contributed by atoms with Crippen LogP contribution in [0.4, 0.5) is 0 Å². The standard InChI is InChI=1S/C26H33BN4O7S/c1-4-14-12-26(14,25(33)31-39(34,35)16-6-7-16)30-24(32)18-10-15(13-28-18)38-20-11-21(37-5-2)29-23-17(20)8-9-19(36-3)22(23)27/h4,8-9,11,14-16,18,28H,1,5-7,10,12-13,27H2,2-3H3,(H,30,32)(H,31,33)/t14?,15-,18+,26-/m1/s1. The zero-order chi connectivity index (χ0) is 27.9. The molecule has 2 heterocycles. The molecule has 2 aliphatic carbocycles. The van der Waals surface area contributed by atoms with Gasteiger partial charge in [0.05, 0.1) is 30.5 Å². The second-order valence-corrected chi connectivity index (χ2v) is 12.3. The van der Waals surface area contributed by atoms with Gasteiger partial charge >= 0.3 is 0 Å². The Bertz CT molecular complexity index is 1430. The van der Waals surface area contributed by atoms with Gasteiger partial charge < -0.3 is 24.8 Å². The Hall–Kier alpha value is -3.32. The molecule has 3 fully saturated rings. The van der Waals surface area contributed by atoms with Gasteiger partial charge in [0.2, 0.25) is 21.8 Å². The van der Waals surface area contributed by atoms with E-state index in [0.717, 1.165) is 10.8 Å². The van der Waals surface area contributed by atoms with Crippen LogP contribution >= 0.6 is 0 Å². The second kappa shape index (κ2) is 10.3. The summed E-state index contributed by atoms with van der Waals surface area (Å²) in [6.45, 7) is 6.45. The number of carbonyl (C=O) groups excluding carboxylic acids is 2. The van der Waals surface area contributed by atoms with Crippen molar-refractivity contribution < 1.29 is 32.2 Å². The monoisotopic (exact) mass is 556 g/mol. The highest BCUT2D eigenvalue weighted by Crippen LogP contribution is 2.45. The van der Waals surface area contributed by atoms with Crippen molar-refractivity contribution in [1.82, 2.24) is 20.3 Å². The topological polar surface area (TPSA) is 145 Å². The third kappa shape index (κ3) is 5.29. The van der Waals surface area contributed by atoms with Gasteiger partial charge in [0.25, 0.3) is 5.91 Å². The van der Waals surface area contributed by atoms with Crippen molar-refractivity contribution in [2.75, 3.05) is 20.3 Å². The number of hydrogen-bond acceptors (Lipinski definition) is 9. The van der Waals surface area contributed by atoms with Crippen LogP contribution in [0, 0.1) is 5.92 Å². The number of nitrogens with one attached hydrogen (secondary N) is 3. The SMILES string of the molecule is Bc1c(OC)ccc2c(O[C@H]3CN[C@H](C(=O)N[C@]4(C(=O)NS(=O)(=O)C5CC5)CC4C=C)C3)cc(OCC)nc12. The Morgan fingerprint density at radius 1 is 1.31 bits per heavy atom. The predicted octanol–water partition coefficient (Wildman–Crippen LogP) is -0.321. The summed E-state index contributed by atoms with van der Waals surface area (Å²) in [6.07, 6.45) is 2.95. The van der Waals surface area contributed by atoms with E-state index in [9.17, 15) is 18.0 Å². The van der Waals surface area contributed by atoms with Crippen molar-refractivity contribution in [2.24, 2.45) is 5.92 Å². The van der Waals surface area contributed by atoms with Crippen molar-refractivity contribution in [3.63, 3.8) is 0 Å².